The molecule has 24 heavy (non-hydrogen) atoms. The molecule has 3 rings (SSSR count). The first kappa shape index (κ1) is 15.9. The Kier molecular flexibility index (Phi) is 4.16. The van der Waals surface area contributed by atoms with Gasteiger partial charge in [-0.05, 0) is 30.7 Å². The van der Waals surface area contributed by atoms with Crippen LogP contribution in [0.15, 0.2) is 45.6 Å². The van der Waals surface area contributed by atoms with E-state index in [2.05, 4.69) is 0 Å². The summed E-state index contributed by atoms with van der Waals surface area (Å²) in [5.41, 5.74) is 1.48. The van der Waals surface area contributed by atoms with Crippen molar-refractivity contribution in [1.29, 1.82) is 0 Å². The molecule has 124 valence electrons. The first-order chi connectivity index (χ1) is 11.6. The van der Waals surface area contributed by atoms with Crippen LogP contribution in [0.5, 0.6) is 17.2 Å². The Morgan fingerprint density at radius 1 is 1.08 bits per heavy atom. The molecule has 0 atom stereocenters. The zero-order chi connectivity index (χ0) is 17.3. The Morgan fingerprint density at radius 3 is 2.38 bits per heavy atom. The largest absolute Gasteiger partial charge is 0.504 e. The highest BCUT2D eigenvalue weighted by Gasteiger charge is 2.17. The standard InChI is InChI=1S/C19H18O5/c1-4-13-18-14(20)9-15(11-5-7-12(22-2)8-6-11)24-16(18)10-17(23-3)19(13)21/h5-10,21H,4H2,1-3H3. The number of methoxy groups -OCH3 is 2. The number of phenolic OH excluding ortho intramolecular Hbond substituents is 1. The second kappa shape index (κ2) is 6.28. The van der Waals surface area contributed by atoms with Crippen LogP contribution in [0, 0.1) is 0 Å². The highest BCUT2D eigenvalue weighted by atomic mass is 16.5. The van der Waals surface area contributed by atoms with Crippen molar-refractivity contribution in [3.05, 3.63) is 52.2 Å². The zero-order valence-electron chi connectivity index (χ0n) is 13.8. The van der Waals surface area contributed by atoms with E-state index < -0.39 is 0 Å². The predicted molar refractivity (Wildman–Crippen MR) is 92.1 cm³/mol. The van der Waals surface area contributed by atoms with E-state index in [-0.39, 0.29) is 16.9 Å². The lowest BCUT2D eigenvalue weighted by atomic mass is 10.0. The summed E-state index contributed by atoms with van der Waals surface area (Å²) in [7, 11) is 3.06. The Balaban J connectivity index is 2.26. The van der Waals surface area contributed by atoms with Crippen molar-refractivity contribution >= 4 is 11.0 Å². The van der Waals surface area contributed by atoms with Gasteiger partial charge in [0.15, 0.2) is 16.9 Å². The number of aromatic hydroxyl groups is 1. The number of aryl methyl sites for hydroxylation is 1. The van der Waals surface area contributed by atoms with Crippen LogP contribution in [0.1, 0.15) is 12.5 Å². The molecule has 1 heterocycles. The molecular formula is C19H18O5. The summed E-state index contributed by atoms with van der Waals surface area (Å²) in [4.78, 5) is 12.6. The summed E-state index contributed by atoms with van der Waals surface area (Å²) in [5.74, 6) is 1.44. The van der Waals surface area contributed by atoms with E-state index in [1.165, 1.54) is 19.2 Å². The third-order valence-electron chi connectivity index (χ3n) is 4.01. The molecule has 5 heteroatoms. The van der Waals surface area contributed by atoms with Gasteiger partial charge in [0.1, 0.15) is 17.1 Å². The van der Waals surface area contributed by atoms with Crippen LogP contribution in [0.2, 0.25) is 0 Å². The normalized spacial score (nSPS) is 10.8. The summed E-state index contributed by atoms with van der Waals surface area (Å²) < 4.78 is 16.2. The van der Waals surface area contributed by atoms with Gasteiger partial charge < -0.3 is 19.0 Å². The van der Waals surface area contributed by atoms with Gasteiger partial charge in [-0.25, -0.2) is 0 Å². The quantitative estimate of drug-likeness (QED) is 0.791. The van der Waals surface area contributed by atoms with Crippen LogP contribution in [-0.2, 0) is 6.42 Å². The second-order valence-electron chi connectivity index (χ2n) is 5.34. The first-order valence-electron chi connectivity index (χ1n) is 7.60. The summed E-state index contributed by atoms with van der Waals surface area (Å²) in [6.45, 7) is 1.87. The number of hydrogen-bond acceptors (Lipinski definition) is 5. The van der Waals surface area contributed by atoms with E-state index in [1.54, 1.807) is 19.2 Å². The van der Waals surface area contributed by atoms with E-state index in [4.69, 9.17) is 13.9 Å². The topological polar surface area (TPSA) is 68.9 Å². The Labute approximate surface area is 139 Å². The molecule has 1 N–H and O–H groups in total. The summed E-state index contributed by atoms with van der Waals surface area (Å²) in [6, 6.07) is 10.2. The Hall–Kier alpha value is -2.95. The van der Waals surface area contributed by atoms with Crippen LogP contribution in [0.3, 0.4) is 0 Å². The van der Waals surface area contributed by atoms with Gasteiger partial charge in [-0.15, -0.1) is 0 Å². The van der Waals surface area contributed by atoms with Crippen molar-refractivity contribution in [1.82, 2.24) is 0 Å². The molecule has 0 spiro atoms. The van der Waals surface area contributed by atoms with Gasteiger partial charge in [-0.2, -0.15) is 0 Å². The summed E-state index contributed by atoms with van der Waals surface area (Å²) in [6.07, 6.45) is 0.492. The molecule has 3 aromatic rings. The van der Waals surface area contributed by atoms with Crippen molar-refractivity contribution in [3.63, 3.8) is 0 Å². The van der Waals surface area contributed by atoms with Crippen molar-refractivity contribution in [2.45, 2.75) is 13.3 Å². The zero-order valence-corrected chi connectivity index (χ0v) is 13.8. The van der Waals surface area contributed by atoms with Crippen LogP contribution >= 0.6 is 0 Å². The molecule has 0 saturated carbocycles. The van der Waals surface area contributed by atoms with E-state index in [1.807, 2.05) is 19.1 Å². The monoisotopic (exact) mass is 326 g/mol. The fourth-order valence-corrected chi connectivity index (χ4v) is 2.76. The predicted octanol–water partition coefficient (Wildman–Crippen LogP) is 3.75. The minimum atomic E-state index is -0.197. The van der Waals surface area contributed by atoms with Crippen molar-refractivity contribution in [2.75, 3.05) is 14.2 Å². The molecule has 0 bridgehead atoms. The molecule has 0 fully saturated rings. The van der Waals surface area contributed by atoms with Gasteiger partial charge in [0.05, 0.1) is 19.6 Å². The maximum Gasteiger partial charge on any atom is 0.193 e. The fourth-order valence-electron chi connectivity index (χ4n) is 2.76. The first-order valence-corrected chi connectivity index (χ1v) is 7.60. The van der Waals surface area contributed by atoms with Gasteiger partial charge in [0.25, 0.3) is 0 Å². The highest BCUT2D eigenvalue weighted by molar-refractivity contribution is 5.86. The number of fused-ring (bicyclic) bond motifs is 1. The minimum absolute atomic E-state index is 0.0167. The lowest BCUT2D eigenvalue weighted by Crippen LogP contribution is -2.05. The number of ether oxygens (including phenoxy) is 2. The maximum absolute atomic E-state index is 12.6. The third kappa shape index (κ3) is 2.58. The molecule has 0 aliphatic heterocycles. The maximum atomic E-state index is 12.6. The number of phenols is 1. The van der Waals surface area contributed by atoms with Crippen LogP contribution < -0.4 is 14.9 Å². The van der Waals surface area contributed by atoms with Gasteiger partial charge in [0, 0.05) is 23.3 Å². The van der Waals surface area contributed by atoms with E-state index in [0.717, 1.165) is 11.3 Å². The van der Waals surface area contributed by atoms with Crippen molar-refractivity contribution < 1.29 is 19.0 Å². The molecule has 1 aromatic heterocycles. The fraction of sp³-hybridized carbons (Fsp3) is 0.211. The average Bonchev–Trinajstić information content (AvgIpc) is 2.61. The van der Waals surface area contributed by atoms with Crippen LogP contribution in [0.25, 0.3) is 22.3 Å². The lowest BCUT2D eigenvalue weighted by molar-refractivity contribution is 0.371. The molecule has 5 nitrogen and oxygen atoms in total. The number of rotatable bonds is 4. The second-order valence-corrected chi connectivity index (χ2v) is 5.34. The third-order valence-corrected chi connectivity index (χ3v) is 4.01. The Bertz CT molecular complexity index is 939. The minimum Gasteiger partial charge on any atom is -0.504 e. The van der Waals surface area contributed by atoms with Gasteiger partial charge in [-0.3, -0.25) is 4.79 Å². The average molecular weight is 326 g/mol. The molecule has 0 unspecified atom stereocenters. The summed E-state index contributed by atoms with van der Waals surface area (Å²) >= 11 is 0. The smallest absolute Gasteiger partial charge is 0.193 e. The van der Waals surface area contributed by atoms with Crippen molar-refractivity contribution in [3.8, 4) is 28.6 Å². The van der Waals surface area contributed by atoms with E-state index in [0.29, 0.717) is 28.7 Å². The molecule has 0 aliphatic carbocycles. The highest BCUT2D eigenvalue weighted by Crippen LogP contribution is 2.36. The SMILES string of the molecule is CCc1c(O)c(OC)cc2oc(-c3ccc(OC)cc3)cc(=O)c12. The Morgan fingerprint density at radius 2 is 1.79 bits per heavy atom. The lowest BCUT2D eigenvalue weighted by Gasteiger charge is -2.11. The number of hydrogen-bond donors (Lipinski definition) is 1. The summed E-state index contributed by atoms with van der Waals surface area (Å²) in [5, 5.41) is 10.6. The molecule has 0 aliphatic rings. The van der Waals surface area contributed by atoms with Gasteiger partial charge in [0.2, 0.25) is 0 Å². The van der Waals surface area contributed by atoms with Gasteiger partial charge in [-0.1, -0.05) is 6.92 Å². The van der Waals surface area contributed by atoms with E-state index in [9.17, 15) is 9.90 Å². The number of benzene rings is 2. The van der Waals surface area contributed by atoms with Crippen LogP contribution in [-0.4, -0.2) is 19.3 Å². The van der Waals surface area contributed by atoms with Gasteiger partial charge >= 0.3 is 0 Å². The molecule has 0 saturated heterocycles. The van der Waals surface area contributed by atoms with E-state index >= 15 is 0 Å². The molecule has 0 radical (unpaired) electrons. The molecule has 2 aromatic carbocycles. The van der Waals surface area contributed by atoms with Crippen LogP contribution in [0.4, 0.5) is 0 Å². The molecule has 0 amide bonds. The molecular weight excluding hydrogens is 308 g/mol. The van der Waals surface area contributed by atoms with Crippen molar-refractivity contribution in [2.24, 2.45) is 0 Å².